The molecule has 122 valence electrons. The lowest BCUT2D eigenvalue weighted by Crippen LogP contribution is -2.18. The van der Waals surface area contributed by atoms with E-state index in [0.717, 1.165) is 38.5 Å². The molecule has 22 heavy (non-hydrogen) atoms. The Hall–Kier alpha value is -1.83. The van der Waals surface area contributed by atoms with E-state index in [-0.39, 0.29) is 5.75 Å². The molecule has 0 aliphatic rings. The van der Waals surface area contributed by atoms with Gasteiger partial charge in [-0.3, -0.25) is 0 Å². The molecule has 0 saturated heterocycles. The van der Waals surface area contributed by atoms with Crippen molar-refractivity contribution in [2.75, 3.05) is 6.61 Å². The average Bonchev–Trinajstić information content (AvgIpc) is 2.46. The number of halogens is 2. The van der Waals surface area contributed by atoms with Crippen LogP contribution in [0.15, 0.2) is 24.3 Å². The second-order valence-electron chi connectivity index (χ2n) is 5.26. The predicted octanol–water partition coefficient (Wildman–Crippen LogP) is 5.31. The predicted molar refractivity (Wildman–Crippen MR) is 81.1 cm³/mol. The minimum Gasteiger partial charge on any atom is -0.494 e. The van der Waals surface area contributed by atoms with E-state index in [9.17, 15) is 8.78 Å². The lowest BCUT2D eigenvalue weighted by atomic mass is 10.1. The fourth-order valence-electron chi connectivity index (χ4n) is 2.01. The second-order valence-corrected chi connectivity index (χ2v) is 5.26. The molecule has 0 radical (unpaired) electrons. The maximum absolute atomic E-state index is 12.7. The van der Waals surface area contributed by atoms with Crippen LogP contribution in [0.3, 0.4) is 0 Å². The molecule has 0 aliphatic carbocycles. The number of hydrogen-bond acceptors (Lipinski definition) is 3. The van der Waals surface area contributed by atoms with E-state index in [4.69, 9.17) is 10.00 Å². The standard InChI is InChI=1S/C17H23F2NO2/c1-17(18,19)22-16-11-9-15(10-12-16)21-14-8-6-4-2-3-5-7-13-20/h9-12H,2-8,14H2,1H3. The average molecular weight is 311 g/mol. The molecule has 1 aromatic carbocycles. The Morgan fingerprint density at radius 1 is 0.955 bits per heavy atom. The highest BCUT2D eigenvalue weighted by Gasteiger charge is 2.22. The molecule has 0 fully saturated rings. The van der Waals surface area contributed by atoms with Crippen LogP contribution in [0, 0.1) is 11.3 Å². The van der Waals surface area contributed by atoms with Crippen molar-refractivity contribution in [3.05, 3.63) is 24.3 Å². The van der Waals surface area contributed by atoms with Crippen LogP contribution in [-0.4, -0.2) is 12.7 Å². The molecule has 3 nitrogen and oxygen atoms in total. The number of benzene rings is 1. The van der Waals surface area contributed by atoms with Crippen LogP contribution in [0.4, 0.5) is 8.78 Å². The first-order valence-corrected chi connectivity index (χ1v) is 7.68. The first-order chi connectivity index (χ1) is 10.5. The maximum atomic E-state index is 12.7. The summed E-state index contributed by atoms with van der Waals surface area (Å²) in [5.74, 6) is 0.776. The van der Waals surface area contributed by atoms with Crippen molar-refractivity contribution in [3.63, 3.8) is 0 Å². The van der Waals surface area contributed by atoms with Crippen molar-refractivity contribution in [3.8, 4) is 17.6 Å². The molecule has 0 spiro atoms. The van der Waals surface area contributed by atoms with E-state index in [1.165, 1.54) is 12.1 Å². The van der Waals surface area contributed by atoms with E-state index >= 15 is 0 Å². The smallest absolute Gasteiger partial charge is 0.394 e. The van der Waals surface area contributed by atoms with Crippen LogP contribution in [0.25, 0.3) is 0 Å². The van der Waals surface area contributed by atoms with Crippen LogP contribution < -0.4 is 9.47 Å². The fraction of sp³-hybridized carbons (Fsp3) is 0.588. The molecule has 0 N–H and O–H groups in total. The number of hydrogen-bond donors (Lipinski definition) is 0. The highest BCUT2D eigenvalue weighted by atomic mass is 19.3. The van der Waals surface area contributed by atoms with Crippen LogP contribution >= 0.6 is 0 Å². The van der Waals surface area contributed by atoms with Gasteiger partial charge in [0.1, 0.15) is 11.5 Å². The largest absolute Gasteiger partial charge is 0.494 e. The van der Waals surface area contributed by atoms with Gasteiger partial charge in [-0.2, -0.15) is 14.0 Å². The van der Waals surface area contributed by atoms with Crippen LogP contribution in [0.2, 0.25) is 0 Å². The fourth-order valence-corrected chi connectivity index (χ4v) is 2.01. The third kappa shape index (κ3) is 9.17. The highest BCUT2D eigenvalue weighted by Crippen LogP contribution is 2.23. The Labute approximate surface area is 130 Å². The van der Waals surface area contributed by atoms with Gasteiger partial charge in [-0.05, 0) is 37.1 Å². The summed E-state index contributed by atoms with van der Waals surface area (Å²) in [4.78, 5) is 0. The van der Waals surface area contributed by atoms with Gasteiger partial charge in [0.25, 0.3) is 0 Å². The molecule has 1 rings (SSSR count). The normalized spacial score (nSPS) is 11.0. The van der Waals surface area contributed by atoms with Crippen molar-refractivity contribution in [1.82, 2.24) is 0 Å². The van der Waals surface area contributed by atoms with E-state index in [1.807, 2.05) is 0 Å². The zero-order valence-electron chi connectivity index (χ0n) is 13.0. The molecule has 0 atom stereocenters. The van der Waals surface area contributed by atoms with E-state index in [1.54, 1.807) is 12.1 Å². The molecule has 0 amide bonds. The molecule has 0 heterocycles. The number of nitrogens with zero attached hydrogens (tertiary/aromatic N) is 1. The maximum Gasteiger partial charge on any atom is 0.394 e. The quantitative estimate of drug-likeness (QED) is 0.520. The van der Waals surface area contributed by atoms with Gasteiger partial charge in [0.05, 0.1) is 12.7 Å². The second kappa shape index (κ2) is 9.99. The first-order valence-electron chi connectivity index (χ1n) is 7.68. The Bertz CT molecular complexity index is 449. The summed E-state index contributed by atoms with van der Waals surface area (Å²) < 4.78 is 35.3. The summed E-state index contributed by atoms with van der Waals surface area (Å²) >= 11 is 0. The van der Waals surface area contributed by atoms with Gasteiger partial charge in [0.2, 0.25) is 0 Å². The molecule has 0 bridgehead atoms. The van der Waals surface area contributed by atoms with Gasteiger partial charge < -0.3 is 9.47 Å². The van der Waals surface area contributed by atoms with Crippen molar-refractivity contribution >= 4 is 0 Å². The number of ether oxygens (including phenoxy) is 2. The zero-order valence-corrected chi connectivity index (χ0v) is 13.0. The Morgan fingerprint density at radius 2 is 1.50 bits per heavy atom. The first kappa shape index (κ1) is 18.2. The zero-order chi connectivity index (χ0) is 16.3. The molecule has 0 saturated carbocycles. The van der Waals surface area contributed by atoms with Gasteiger partial charge in [0.15, 0.2) is 0 Å². The lowest BCUT2D eigenvalue weighted by molar-refractivity contribution is -0.158. The molecular formula is C17H23F2NO2. The third-order valence-corrected chi connectivity index (χ3v) is 3.07. The summed E-state index contributed by atoms with van der Waals surface area (Å²) in [5.41, 5.74) is 0. The summed E-state index contributed by atoms with van der Waals surface area (Å²) in [6.07, 6.45) is 3.92. The van der Waals surface area contributed by atoms with Gasteiger partial charge in [-0.1, -0.05) is 25.7 Å². The summed E-state index contributed by atoms with van der Waals surface area (Å²) in [6, 6.07) is 8.35. The molecular weight excluding hydrogens is 288 g/mol. The summed E-state index contributed by atoms with van der Waals surface area (Å²) in [7, 11) is 0. The SMILES string of the molecule is CC(F)(F)Oc1ccc(OCCCCCCCCC#N)cc1. The van der Waals surface area contributed by atoms with E-state index in [2.05, 4.69) is 10.8 Å². The topological polar surface area (TPSA) is 42.2 Å². The highest BCUT2D eigenvalue weighted by molar-refractivity contribution is 5.31. The van der Waals surface area contributed by atoms with Crippen LogP contribution in [-0.2, 0) is 0 Å². The molecule has 5 heteroatoms. The minimum absolute atomic E-state index is 0.122. The number of rotatable bonds is 11. The summed E-state index contributed by atoms with van der Waals surface area (Å²) in [6.45, 7) is 1.32. The number of nitriles is 1. The molecule has 0 aromatic heterocycles. The van der Waals surface area contributed by atoms with Crippen LogP contribution in [0.1, 0.15) is 51.9 Å². The summed E-state index contributed by atoms with van der Waals surface area (Å²) in [5, 5.41) is 8.41. The Kier molecular flexibility index (Phi) is 8.27. The van der Waals surface area contributed by atoms with Crippen molar-refractivity contribution in [2.45, 2.75) is 58.0 Å². The monoisotopic (exact) mass is 311 g/mol. The van der Waals surface area contributed by atoms with E-state index < -0.39 is 6.11 Å². The van der Waals surface area contributed by atoms with Crippen LogP contribution in [0.5, 0.6) is 11.5 Å². The van der Waals surface area contributed by atoms with E-state index in [0.29, 0.717) is 25.7 Å². The van der Waals surface area contributed by atoms with Crippen molar-refractivity contribution in [2.24, 2.45) is 0 Å². The molecule has 0 aliphatic heterocycles. The molecule has 1 aromatic rings. The Morgan fingerprint density at radius 3 is 2.09 bits per heavy atom. The minimum atomic E-state index is -3.17. The third-order valence-electron chi connectivity index (χ3n) is 3.07. The van der Waals surface area contributed by atoms with Gasteiger partial charge in [0, 0.05) is 13.3 Å². The number of alkyl halides is 2. The Balaban J connectivity index is 2.09. The van der Waals surface area contributed by atoms with Gasteiger partial charge in [-0.15, -0.1) is 0 Å². The van der Waals surface area contributed by atoms with Gasteiger partial charge >= 0.3 is 6.11 Å². The lowest BCUT2D eigenvalue weighted by Gasteiger charge is -2.13. The number of unbranched alkanes of at least 4 members (excludes halogenated alkanes) is 6. The van der Waals surface area contributed by atoms with Crippen molar-refractivity contribution in [1.29, 1.82) is 5.26 Å². The van der Waals surface area contributed by atoms with Gasteiger partial charge in [-0.25, -0.2) is 0 Å². The van der Waals surface area contributed by atoms with Crippen molar-refractivity contribution < 1.29 is 18.3 Å². The molecule has 0 unspecified atom stereocenters.